The Morgan fingerprint density at radius 2 is 0.778 bits per heavy atom. The summed E-state index contributed by atoms with van der Waals surface area (Å²) in [5.41, 5.74) is -6.00. The van der Waals surface area contributed by atoms with Crippen molar-refractivity contribution in [2.45, 2.75) is 13.1 Å². The summed E-state index contributed by atoms with van der Waals surface area (Å²) in [5, 5.41) is 80.4. The van der Waals surface area contributed by atoms with E-state index < -0.39 is 75.2 Å². The molecule has 0 unspecified atom stereocenters. The Kier molecular flexibility index (Phi) is 12.8. The number of nitro benzene ring substituents is 6. The molecule has 0 saturated carbocycles. The molecule has 0 fully saturated rings. The highest BCUT2D eigenvalue weighted by molar-refractivity contribution is 5.65. The van der Waals surface area contributed by atoms with Crippen molar-refractivity contribution in [3.05, 3.63) is 109 Å². The van der Waals surface area contributed by atoms with Gasteiger partial charge in [0, 0.05) is 0 Å². The zero-order valence-corrected chi connectivity index (χ0v) is 23.7. The van der Waals surface area contributed by atoms with E-state index in [9.17, 15) is 60.7 Å². The summed E-state index contributed by atoms with van der Waals surface area (Å²) >= 11 is 0. The van der Waals surface area contributed by atoms with Crippen molar-refractivity contribution in [2.24, 2.45) is 0 Å². The number of aromatic hydroxyl groups is 2. The average molecular weight is 640 g/mol. The molecule has 242 valence electrons. The van der Waals surface area contributed by atoms with Gasteiger partial charge in [-0.15, -0.1) is 0 Å². The molecular weight excluding hydrogens is 616 g/mol. The second-order valence-electron chi connectivity index (χ2n) is 9.05. The largest absolute Gasteiger partial charge is 0.497 e. The van der Waals surface area contributed by atoms with E-state index in [1.165, 1.54) is 0 Å². The Morgan fingerprint density at radius 3 is 0.956 bits per heavy atom. The molecule has 23 heteroatoms. The SMILES string of the molecule is CN(C)Cc1ccc(CN(C)C)o1.O=[N+]([O-])c1cc([N+](=O)[O-])c(O)c([N+](=O)[O-])c1.O=[N+]([O-])c1cc([N+](=O)[O-])c(O)c([N+](=O)[O-])c1. The number of furan rings is 1. The van der Waals surface area contributed by atoms with Crippen molar-refractivity contribution >= 4 is 34.1 Å². The highest BCUT2D eigenvalue weighted by atomic mass is 16.7. The van der Waals surface area contributed by atoms with Gasteiger partial charge in [-0.2, -0.15) is 0 Å². The van der Waals surface area contributed by atoms with E-state index in [0.717, 1.165) is 24.6 Å². The molecule has 1 aromatic heterocycles. The summed E-state index contributed by atoms with van der Waals surface area (Å²) < 4.78 is 5.62. The minimum atomic E-state index is -1.21. The van der Waals surface area contributed by atoms with Gasteiger partial charge in [0.25, 0.3) is 22.9 Å². The van der Waals surface area contributed by atoms with Gasteiger partial charge in [0.05, 0.1) is 66.9 Å². The van der Waals surface area contributed by atoms with Crippen LogP contribution in [0.1, 0.15) is 11.5 Å². The van der Waals surface area contributed by atoms with E-state index in [4.69, 9.17) is 14.6 Å². The third-order valence-electron chi connectivity index (χ3n) is 4.98. The fraction of sp³-hybridized carbons (Fsp3) is 0.273. The number of phenolic OH excluding ortho intramolecular Hbond substituents is 2. The second kappa shape index (κ2) is 15.8. The number of hydrogen-bond acceptors (Lipinski definition) is 17. The van der Waals surface area contributed by atoms with E-state index in [0.29, 0.717) is 24.3 Å². The molecule has 3 aromatic rings. The molecule has 0 aliphatic heterocycles. The van der Waals surface area contributed by atoms with Crippen LogP contribution < -0.4 is 0 Å². The van der Waals surface area contributed by atoms with Gasteiger partial charge in [-0.3, -0.25) is 60.7 Å². The smallest absolute Gasteiger partial charge is 0.324 e. The summed E-state index contributed by atoms with van der Waals surface area (Å²) in [6.07, 6.45) is 0. The molecule has 2 N–H and O–H groups in total. The van der Waals surface area contributed by atoms with Gasteiger partial charge in [0.15, 0.2) is 0 Å². The number of hydrogen-bond donors (Lipinski definition) is 2. The second-order valence-corrected chi connectivity index (χ2v) is 9.05. The maximum absolute atomic E-state index is 10.4. The maximum atomic E-state index is 10.4. The van der Waals surface area contributed by atoms with Gasteiger partial charge in [-0.1, -0.05) is 0 Å². The van der Waals surface area contributed by atoms with E-state index in [2.05, 4.69) is 9.80 Å². The lowest BCUT2D eigenvalue weighted by atomic mass is 10.2. The lowest BCUT2D eigenvalue weighted by Gasteiger charge is -2.07. The van der Waals surface area contributed by atoms with Gasteiger partial charge >= 0.3 is 22.7 Å². The number of nitro groups is 6. The van der Waals surface area contributed by atoms with Crippen LogP contribution in [0.4, 0.5) is 34.1 Å². The third kappa shape index (κ3) is 10.8. The molecule has 0 spiro atoms. The van der Waals surface area contributed by atoms with E-state index >= 15 is 0 Å². The first kappa shape index (κ1) is 36.7. The standard InChI is InChI=1S/C10H18N2O.2C6H3N3O7/c1-11(2)7-9-5-6-10(13-9)8-12(3)4;2*10-6-4(8(13)14)1-3(7(11)12)2-5(6)9(15)16/h5-6H,7-8H2,1-4H3;2*1-2,10H. The zero-order chi connectivity index (χ0) is 34.8. The molecular formula is C22H24N8O15. The Balaban J connectivity index is 0.000000340. The highest BCUT2D eigenvalue weighted by Gasteiger charge is 2.31. The van der Waals surface area contributed by atoms with E-state index in [1.807, 2.05) is 40.3 Å². The van der Waals surface area contributed by atoms with Gasteiger partial charge in [0.1, 0.15) is 11.5 Å². The number of nitrogens with zero attached hydrogens (tertiary/aromatic N) is 8. The predicted molar refractivity (Wildman–Crippen MR) is 150 cm³/mol. The molecule has 0 bridgehead atoms. The molecule has 0 radical (unpaired) electrons. The van der Waals surface area contributed by atoms with Gasteiger partial charge in [-0.25, -0.2) is 0 Å². The lowest BCUT2D eigenvalue weighted by molar-refractivity contribution is -0.404. The molecule has 3 rings (SSSR count). The normalized spacial score (nSPS) is 10.3. The number of rotatable bonds is 10. The number of benzene rings is 2. The van der Waals surface area contributed by atoms with Crippen molar-refractivity contribution < 1.29 is 44.2 Å². The maximum Gasteiger partial charge on any atom is 0.324 e. The monoisotopic (exact) mass is 640 g/mol. The molecule has 0 saturated heterocycles. The summed E-state index contributed by atoms with van der Waals surface area (Å²) in [4.78, 5) is 59.7. The molecule has 0 aliphatic carbocycles. The van der Waals surface area contributed by atoms with Crippen LogP contribution in [0.15, 0.2) is 40.8 Å². The van der Waals surface area contributed by atoms with Crippen LogP contribution in [0.2, 0.25) is 0 Å². The van der Waals surface area contributed by atoms with Crippen LogP contribution in [0, 0.1) is 60.7 Å². The lowest BCUT2D eigenvalue weighted by Crippen LogP contribution is -2.10. The van der Waals surface area contributed by atoms with Crippen molar-refractivity contribution in [3.63, 3.8) is 0 Å². The van der Waals surface area contributed by atoms with Crippen LogP contribution >= 0.6 is 0 Å². The molecule has 0 aliphatic rings. The summed E-state index contributed by atoms with van der Waals surface area (Å²) in [7, 11) is 8.14. The molecule has 0 amide bonds. The Morgan fingerprint density at radius 1 is 0.533 bits per heavy atom. The molecule has 0 atom stereocenters. The summed E-state index contributed by atoms with van der Waals surface area (Å²) in [6.45, 7) is 1.74. The van der Waals surface area contributed by atoms with Crippen LogP contribution in [0.25, 0.3) is 0 Å². The summed E-state index contributed by atoms with van der Waals surface area (Å²) in [5.74, 6) is -0.357. The Bertz CT molecular complexity index is 1430. The third-order valence-corrected chi connectivity index (χ3v) is 4.98. The van der Waals surface area contributed by atoms with Crippen molar-refractivity contribution in [2.75, 3.05) is 28.2 Å². The molecule has 2 aromatic carbocycles. The highest BCUT2D eigenvalue weighted by Crippen LogP contribution is 2.40. The van der Waals surface area contributed by atoms with E-state index in [-0.39, 0.29) is 0 Å². The van der Waals surface area contributed by atoms with Gasteiger partial charge in [-0.05, 0) is 40.3 Å². The minimum absolute atomic E-state index is 0.447. The first-order chi connectivity index (χ1) is 20.8. The van der Waals surface area contributed by atoms with Crippen LogP contribution in [-0.2, 0) is 13.1 Å². The fourth-order valence-electron chi connectivity index (χ4n) is 3.16. The Hall–Kier alpha value is -6.36. The summed E-state index contributed by atoms with van der Waals surface area (Å²) in [6, 6.07) is 5.87. The number of phenols is 2. The number of non-ortho nitro benzene ring substituents is 2. The van der Waals surface area contributed by atoms with Crippen LogP contribution in [0.3, 0.4) is 0 Å². The quantitative estimate of drug-likeness (QED) is 0.236. The zero-order valence-electron chi connectivity index (χ0n) is 23.7. The van der Waals surface area contributed by atoms with Gasteiger partial charge in [0.2, 0.25) is 0 Å². The van der Waals surface area contributed by atoms with Crippen molar-refractivity contribution in [1.82, 2.24) is 9.80 Å². The first-order valence-electron chi connectivity index (χ1n) is 11.7. The first-order valence-corrected chi connectivity index (χ1v) is 11.7. The van der Waals surface area contributed by atoms with Crippen LogP contribution in [0.5, 0.6) is 11.5 Å². The Labute approximate surface area is 250 Å². The fourth-order valence-corrected chi connectivity index (χ4v) is 3.16. The van der Waals surface area contributed by atoms with Crippen LogP contribution in [-0.4, -0.2) is 77.7 Å². The van der Waals surface area contributed by atoms with Crippen molar-refractivity contribution in [3.8, 4) is 11.5 Å². The average Bonchev–Trinajstić information content (AvgIpc) is 3.33. The van der Waals surface area contributed by atoms with Gasteiger partial charge < -0.3 is 24.4 Å². The topological polar surface area (TPSA) is 319 Å². The molecule has 1 heterocycles. The molecule has 45 heavy (non-hydrogen) atoms. The van der Waals surface area contributed by atoms with Crippen molar-refractivity contribution in [1.29, 1.82) is 0 Å². The minimum Gasteiger partial charge on any atom is -0.497 e. The molecule has 23 nitrogen and oxygen atoms in total. The predicted octanol–water partition coefficient (Wildman–Crippen LogP) is 3.64. The van der Waals surface area contributed by atoms with E-state index in [1.54, 1.807) is 0 Å².